The summed E-state index contributed by atoms with van der Waals surface area (Å²) in [6, 6.07) is 5.82. The predicted octanol–water partition coefficient (Wildman–Crippen LogP) is 4.03. The van der Waals surface area contributed by atoms with Crippen molar-refractivity contribution < 1.29 is 8.42 Å². The minimum Gasteiger partial charge on any atom is -0.354 e. The van der Waals surface area contributed by atoms with Crippen LogP contribution in [0, 0.1) is 6.92 Å². The van der Waals surface area contributed by atoms with E-state index in [0.717, 1.165) is 22.8 Å². The summed E-state index contributed by atoms with van der Waals surface area (Å²) in [6.07, 6.45) is 0. The molecular formula is C14H14BrCl2N3O2S2. The maximum Gasteiger partial charge on any atom is 0.246 e. The van der Waals surface area contributed by atoms with Crippen molar-refractivity contribution in [2.45, 2.75) is 11.8 Å². The van der Waals surface area contributed by atoms with Gasteiger partial charge in [-0.1, -0.05) is 29.3 Å². The van der Waals surface area contributed by atoms with E-state index in [4.69, 9.17) is 23.2 Å². The Morgan fingerprint density at radius 2 is 1.83 bits per heavy atom. The van der Waals surface area contributed by atoms with Gasteiger partial charge in [-0.3, -0.25) is 0 Å². The fourth-order valence-electron chi connectivity index (χ4n) is 2.55. The smallest absolute Gasteiger partial charge is 0.246 e. The summed E-state index contributed by atoms with van der Waals surface area (Å²) < 4.78 is 28.0. The molecule has 2 aromatic rings. The van der Waals surface area contributed by atoms with E-state index in [1.165, 1.54) is 4.31 Å². The maximum atomic E-state index is 12.9. The van der Waals surface area contributed by atoms with Gasteiger partial charge in [0.05, 0.1) is 4.47 Å². The van der Waals surface area contributed by atoms with Crippen molar-refractivity contribution in [2.75, 3.05) is 31.1 Å². The van der Waals surface area contributed by atoms with Gasteiger partial charge in [0, 0.05) is 31.9 Å². The van der Waals surface area contributed by atoms with Gasteiger partial charge in [-0.2, -0.15) is 4.31 Å². The molecule has 0 spiro atoms. The lowest BCUT2D eigenvalue weighted by molar-refractivity contribution is 0.383. The summed E-state index contributed by atoms with van der Waals surface area (Å²) >= 11 is 16.3. The first-order valence-corrected chi connectivity index (χ1v) is 10.9. The summed E-state index contributed by atoms with van der Waals surface area (Å²) in [7, 11) is -3.68. The van der Waals surface area contributed by atoms with Crippen molar-refractivity contribution >= 4 is 66.3 Å². The van der Waals surface area contributed by atoms with Gasteiger partial charge in [0.1, 0.15) is 19.4 Å². The average molecular weight is 471 g/mol. The van der Waals surface area contributed by atoms with Gasteiger partial charge in [0.25, 0.3) is 0 Å². The van der Waals surface area contributed by atoms with Crippen LogP contribution in [0.3, 0.4) is 0 Å². The van der Waals surface area contributed by atoms with Gasteiger partial charge in [0.15, 0.2) is 0 Å². The lowest BCUT2D eigenvalue weighted by Crippen LogP contribution is -2.49. The van der Waals surface area contributed by atoms with E-state index in [1.807, 2.05) is 25.1 Å². The zero-order valence-corrected chi connectivity index (χ0v) is 17.4. The number of pyridine rings is 1. The Labute approximate surface area is 163 Å². The zero-order valence-electron chi connectivity index (χ0n) is 12.7. The van der Waals surface area contributed by atoms with Crippen LogP contribution in [0.15, 0.2) is 27.6 Å². The Morgan fingerprint density at radius 1 is 1.17 bits per heavy atom. The van der Waals surface area contributed by atoms with E-state index in [2.05, 4.69) is 25.8 Å². The summed E-state index contributed by atoms with van der Waals surface area (Å²) in [4.78, 5) is 6.62. The van der Waals surface area contributed by atoms with Crippen LogP contribution >= 0.6 is 50.5 Å². The van der Waals surface area contributed by atoms with Crippen LogP contribution in [0.2, 0.25) is 8.67 Å². The van der Waals surface area contributed by atoms with Crippen molar-refractivity contribution in [3.05, 3.63) is 37.0 Å². The molecule has 2 aromatic heterocycles. The largest absolute Gasteiger partial charge is 0.354 e. The minimum atomic E-state index is -3.68. The zero-order chi connectivity index (χ0) is 17.5. The number of anilines is 1. The fraction of sp³-hybridized carbons (Fsp3) is 0.357. The van der Waals surface area contributed by atoms with Gasteiger partial charge >= 0.3 is 0 Å². The highest BCUT2D eigenvalue weighted by molar-refractivity contribution is 9.10. The SMILES string of the molecule is Cc1cccc(N2CCN(S(=O)(=O)c3c(Cl)sc(Cl)c3Br)CC2)n1. The highest BCUT2D eigenvalue weighted by Gasteiger charge is 2.34. The number of aromatic nitrogens is 1. The van der Waals surface area contributed by atoms with Crippen molar-refractivity contribution in [1.29, 1.82) is 0 Å². The molecule has 5 nitrogen and oxygen atoms in total. The monoisotopic (exact) mass is 469 g/mol. The standard InChI is InChI=1S/C14H14BrCl2N3O2S2/c1-9-3-2-4-10(18-9)19-5-7-20(8-6-19)24(21,22)12-11(15)13(16)23-14(12)17/h2-4H,5-8H2,1H3. The first kappa shape index (κ1) is 18.4. The number of hydrogen-bond donors (Lipinski definition) is 0. The highest BCUT2D eigenvalue weighted by Crippen LogP contribution is 2.44. The molecule has 0 saturated carbocycles. The van der Waals surface area contributed by atoms with E-state index in [-0.39, 0.29) is 9.23 Å². The molecule has 0 amide bonds. The molecule has 1 aliphatic rings. The van der Waals surface area contributed by atoms with Crippen molar-refractivity contribution in [2.24, 2.45) is 0 Å². The van der Waals surface area contributed by atoms with E-state index >= 15 is 0 Å². The molecule has 3 rings (SSSR count). The number of rotatable bonds is 3. The van der Waals surface area contributed by atoms with Gasteiger partial charge in [0.2, 0.25) is 10.0 Å². The molecule has 0 bridgehead atoms. The van der Waals surface area contributed by atoms with Crippen molar-refractivity contribution in [1.82, 2.24) is 9.29 Å². The Hall–Kier alpha value is -0.380. The summed E-state index contributed by atoms with van der Waals surface area (Å²) in [5, 5.41) is 0. The third kappa shape index (κ3) is 3.45. The molecule has 10 heteroatoms. The Kier molecular flexibility index (Phi) is 5.44. The number of hydrogen-bond acceptors (Lipinski definition) is 5. The first-order chi connectivity index (χ1) is 11.3. The highest BCUT2D eigenvalue weighted by atomic mass is 79.9. The number of piperazine rings is 1. The van der Waals surface area contributed by atoms with Gasteiger partial charge in [-0.05, 0) is 35.0 Å². The number of nitrogens with zero attached hydrogens (tertiary/aromatic N) is 3. The molecule has 24 heavy (non-hydrogen) atoms. The van der Waals surface area contributed by atoms with Crippen molar-refractivity contribution in [3.63, 3.8) is 0 Å². The van der Waals surface area contributed by atoms with Gasteiger partial charge in [-0.15, -0.1) is 11.3 Å². The second-order valence-electron chi connectivity index (χ2n) is 5.32. The van der Waals surface area contributed by atoms with Crippen LogP contribution in [-0.4, -0.2) is 43.9 Å². The summed E-state index contributed by atoms with van der Waals surface area (Å²) in [5.41, 5.74) is 0.936. The second-order valence-corrected chi connectivity index (χ2v) is 10.2. The lowest BCUT2D eigenvalue weighted by Gasteiger charge is -2.34. The molecule has 1 aliphatic heterocycles. The predicted molar refractivity (Wildman–Crippen MR) is 102 cm³/mol. The summed E-state index contributed by atoms with van der Waals surface area (Å²) in [5.74, 6) is 0.866. The molecule has 130 valence electrons. The topological polar surface area (TPSA) is 53.5 Å². The third-order valence-electron chi connectivity index (χ3n) is 3.76. The molecular weight excluding hydrogens is 457 g/mol. The first-order valence-electron chi connectivity index (χ1n) is 7.12. The molecule has 0 aromatic carbocycles. The fourth-order valence-corrected chi connectivity index (χ4v) is 7.45. The second kappa shape index (κ2) is 7.09. The van der Waals surface area contributed by atoms with Crippen molar-refractivity contribution in [3.8, 4) is 0 Å². The number of halogens is 3. The average Bonchev–Trinajstić information content (AvgIpc) is 2.80. The quantitative estimate of drug-likeness (QED) is 0.679. The summed E-state index contributed by atoms with van der Waals surface area (Å²) in [6.45, 7) is 3.82. The lowest BCUT2D eigenvalue weighted by atomic mass is 10.3. The molecule has 0 N–H and O–H groups in total. The van der Waals surface area contributed by atoms with Gasteiger partial charge in [-0.25, -0.2) is 13.4 Å². The number of sulfonamides is 1. The van der Waals surface area contributed by atoms with E-state index in [1.54, 1.807) is 0 Å². The van der Waals surface area contributed by atoms with Crippen LogP contribution < -0.4 is 4.90 Å². The Bertz CT molecular complexity index is 865. The molecule has 3 heterocycles. The molecule has 0 aliphatic carbocycles. The molecule has 1 saturated heterocycles. The molecule has 0 unspecified atom stereocenters. The Morgan fingerprint density at radius 3 is 2.38 bits per heavy atom. The molecule has 0 radical (unpaired) electrons. The Balaban J connectivity index is 1.79. The van der Waals surface area contributed by atoms with Crippen LogP contribution in [0.25, 0.3) is 0 Å². The molecule has 1 fully saturated rings. The number of thiophene rings is 1. The van der Waals surface area contributed by atoms with Crippen LogP contribution in [0.4, 0.5) is 5.82 Å². The van der Waals surface area contributed by atoms with Crippen LogP contribution in [-0.2, 0) is 10.0 Å². The van der Waals surface area contributed by atoms with Gasteiger partial charge < -0.3 is 4.90 Å². The van der Waals surface area contributed by atoms with E-state index in [0.29, 0.717) is 35.0 Å². The molecule has 0 atom stereocenters. The van der Waals surface area contributed by atoms with E-state index < -0.39 is 10.0 Å². The van der Waals surface area contributed by atoms with Crippen LogP contribution in [0.5, 0.6) is 0 Å². The third-order valence-corrected chi connectivity index (χ3v) is 9.13. The normalized spacial score (nSPS) is 16.6. The van der Waals surface area contributed by atoms with E-state index in [9.17, 15) is 8.42 Å². The minimum absolute atomic E-state index is 0.0568. The number of aryl methyl sites for hydroxylation is 1. The maximum absolute atomic E-state index is 12.9. The van der Waals surface area contributed by atoms with Crippen LogP contribution in [0.1, 0.15) is 5.69 Å².